The number of hydrogen-bond acceptors (Lipinski definition) is 4. The minimum absolute atomic E-state index is 0.497. The van der Waals surface area contributed by atoms with Gasteiger partial charge in [-0.15, -0.1) is 0 Å². The van der Waals surface area contributed by atoms with Crippen LogP contribution in [0.25, 0.3) is 11.3 Å². The van der Waals surface area contributed by atoms with Gasteiger partial charge in [0.1, 0.15) is 17.2 Å². The van der Waals surface area contributed by atoms with Gasteiger partial charge in [-0.3, -0.25) is 4.68 Å². The molecule has 4 nitrogen and oxygen atoms in total. The molecule has 0 fully saturated rings. The number of halogens is 3. The molecule has 3 aromatic rings. The van der Waals surface area contributed by atoms with Crippen LogP contribution >= 0.6 is 12.6 Å². The highest BCUT2D eigenvalue weighted by atomic mass is 32.1. The van der Waals surface area contributed by atoms with Crippen molar-refractivity contribution in [3.05, 3.63) is 101 Å². The molecule has 0 aliphatic rings. The number of nitrogens with zero attached hydrogens (tertiary/aromatic N) is 3. The number of alkyl halides is 3. The summed E-state index contributed by atoms with van der Waals surface area (Å²) in [5.41, 5.74) is 3.94. The number of anilines is 1. The maximum absolute atomic E-state index is 13.0. The Labute approximate surface area is 228 Å². The van der Waals surface area contributed by atoms with Gasteiger partial charge < -0.3 is 9.64 Å². The molecule has 202 valence electrons. The second-order valence-electron chi connectivity index (χ2n) is 9.88. The van der Waals surface area contributed by atoms with Crippen molar-refractivity contribution in [3.8, 4) is 17.0 Å². The fourth-order valence-corrected chi connectivity index (χ4v) is 4.37. The molecule has 0 spiro atoms. The highest BCUT2D eigenvalue weighted by Crippen LogP contribution is 2.33. The maximum atomic E-state index is 13.0. The lowest BCUT2D eigenvalue weighted by Crippen LogP contribution is -2.27. The van der Waals surface area contributed by atoms with Crippen molar-refractivity contribution < 1.29 is 17.9 Å². The molecule has 0 N–H and O–H groups in total. The summed E-state index contributed by atoms with van der Waals surface area (Å²) >= 11 is 4.17. The molecule has 0 radical (unpaired) electrons. The zero-order valence-electron chi connectivity index (χ0n) is 22.4. The van der Waals surface area contributed by atoms with Crippen molar-refractivity contribution in [1.29, 1.82) is 0 Å². The van der Waals surface area contributed by atoms with Gasteiger partial charge in [0, 0.05) is 31.8 Å². The number of ether oxygens (including phenoxy) is 1. The number of benzene rings is 2. The number of rotatable bonds is 10. The van der Waals surface area contributed by atoms with Gasteiger partial charge in [-0.05, 0) is 73.6 Å². The van der Waals surface area contributed by atoms with Crippen molar-refractivity contribution in [2.24, 2.45) is 7.05 Å². The van der Waals surface area contributed by atoms with E-state index in [2.05, 4.69) is 47.9 Å². The van der Waals surface area contributed by atoms with E-state index in [1.54, 1.807) is 16.2 Å². The molecule has 0 aliphatic heterocycles. The standard InChI is InChI=1S/C30H34F3N3OS/c1-8-29(5,6)37-28-21(3)15-23(16-22(28)4)19-36(18-20(2)13-14-38)27-17-26(34-35(27)7)24-9-11-25(12-10-24)30(31,32)33/h8-17,38H,1-2,18-19H2,3-7H3/b14-13-. The van der Waals surface area contributed by atoms with Gasteiger partial charge in [-0.1, -0.05) is 43.5 Å². The third kappa shape index (κ3) is 7.13. The summed E-state index contributed by atoms with van der Waals surface area (Å²) in [5.74, 6) is 1.63. The van der Waals surface area contributed by atoms with E-state index >= 15 is 0 Å². The first-order valence-electron chi connectivity index (χ1n) is 12.1. The summed E-state index contributed by atoms with van der Waals surface area (Å²) < 4.78 is 47.0. The lowest BCUT2D eigenvalue weighted by atomic mass is 10.0. The van der Waals surface area contributed by atoms with Crippen LogP contribution in [0.1, 0.15) is 36.1 Å². The highest BCUT2D eigenvalue weighted by molar-refractivity contribution is 7.83. The topological polar surface area (TPSA) is 30.3 Å². The van der Waals surface area contributed by atoms with Crippen molar-refractivity contribution in [2.75, 3.05) is 11.4 Å². The molecule has 8 heteroatoms. The maximum Gasteiger partial charge on any atom is 0.416 e. The second-order valence-corrected chi connectivity index (χ2v) is 10.2. The van der Waals surface area contributed by atoms with Crippen molar-refractivity contribution in [3.63, 3.8) is 0 Å². The summed E-state index contributed by atoms with van der Waals surface area (Å²) in [6.45, 7) is 17.0. The molecule has 1 heterocycles. The number of hydrogen-bond donors (Lipinski definition) is 1. The van der Waals surface area contributed by atoms with Crippen LogP contribution in [-0.2, 0) is 19.8 Å². The quantitative estimate of drug-likeness (QED) is 0.160. The van der Waals surface area contributed by atoms with Crippen LogP contribution < -0.4 is 9.64 Å². The van der Waals surface area contributed by atoms with Gasteiger partial charge in [0.2, 0.25) is 0 Å². The van der Waals surface area contributed by atoms with Crippen LogP contribution in [0.5, 0.6) is 5.75 Å². The van der Waals surface area contributed by atoms with E-state index in [-0.39, 0.29) is 0 Å². The van der Waals surface area contributed by atoms with Gasteiger partial charge >= 0.3 is 6.18 Å². The van der Waals surface area contributed by atoms with Crippen LogP contribution in [-0.4, -0.2) is 21.9 Å². The van der Waals surface area contributed by atoms with Crippen molar-refractivity contribution >= 4 is 18.4 Å². The van der Waals surface area contributed by atoms with E-state index in [0.717, 1.165) is 46.0 Å². The fraction of sp³-hybridized carbons (Fsp3) is 0.300. The lowest BCUT2D eigenvalue weighted by Gasteiger charge is -2.27. The zero-order chi connectivity index (χ0) is 28.3. The van der Waals surface area contributed by atoms with Crippen LogP contribution in [0.3, 0.4) is 0 Å². The number of aryl methyl sites for hydroxylation is 3. The smallest absolute Gasteiger partial charge is 0.416 e. The van der Waals surface area contributed by atoms with E-state index in [1.807, 2.05) is 46.9 Å². The summed E-state index contributed by atoms with van der Waals surface area (Å²) in [5, 5.41) is 6.23. The molecule has 0 amide bonds. The molecule has 0 unspecified atom stereocenters. The molecular weight excluding hydrogens is 507 g/mol. The Balaban J connectivity index is 1.96. The van der Waals surface area contributed by atoms with Gasteiger partial charge in [0.05, 0.1) is 11.3 Å². The van der Waals surface area contributed by atoms with Crippen LogP contribution in [0.4, 0.5) is 19.0 Å². The summed E-state index contributed by atoms with van der Waals surface area (Å²) in [7, 11) is 1.82. The number of thiol groups is 1. The fourth-order valence-electron chi connectivity index (χ4n) is 4.16. The first-order valence-corrected chi connectivity index (χ1v) is 12.6. The molecule has 0 aliphatic carbocycles. The molecule has 1 aromatic heterocycles. The average Bonchev–Trinajstić information content (AvgIpc) is 3.22. The first kappa shape index (κ1) is 29.2. The third-order valence-corrected chi connectivity index (χ3v) is 6.29. The van der Waals surface area contributed by atoms with E-state index in [1.165, 1.54) is 12.1 Å². The Kier molecular flexibility index (Phi) is 8.87. The molecular formula is C30H34F3N3OS. The Morgan fingerprint density at radius 2 is 1.71 bits per heavy atom. The van der Waals surface area contributed by atoms with Gasteiger partial charge in [-0.2, -0.15) is 30.9 Å². The average molecular weight is 542 g/mol. The molecule has 0 saturated heterocycles. The first-order chi connectivity index (χ1) is 17.7. The Morgan fingerprint density at radius 3 is 2.24 bits per heavy atom. The summed E-state index contributed by atoms with van der Waals surface area (Å²) in [4.78, 5) is 2.12. The van der Waals surface area contributed by atoms with Crippen LogP contribution in [0.2, 0.25) is 0 Å². The van der Waals surface area contributed by atoms with Crippen LogP contribution in [0.15, 0.2) is 78.8 Å². The Bertz CT molecular complexity index is 1310. The van der Waals surface area contributed by atoms with Crippen molar-refractivity contribution in [1.82, 2.24) is 9.78 Å². The van der Waals surface area contributed by atoms with Gasteiger partial charge in [0.15, 0.2) is 0 Å². The minimum Gasteiger partial charge on any atom is -0.483 e. The van der Waals surface area contributed by atoms with E-state index in [0.29, 0.717) is 24.3 Å². The van der Waals surface area contributed by atoms with E-state index in [9.17, 15) is 13.2 Å². The predicted molar refractivity (Wildman–Crippen MR) is 153 cm³/mol. The van der Waals surface area contributed by atoms with E-state index in [4.69, 9.17) is 4.74 Å². The predicted octanol–water partition coefficient (Wildman–Crippen LogP) is 8.07. The van der Waals surface area contributed by atoms with Crippen molar-refractivity contribution in [2.45, 2.75) is 46.0 Å². The Hall–Kier alpha value is -3.39. The number of aromatic nitrogens is 2. The molecule has 0 bridgehead atoms. The molecule has 2 aromatic carbocycles. The molecule has 0 saturated carbocycles. The zero-order valence-corrected chi connectivity index (χ0v) is 23.3. The van der Waals surface area contributed by atoms with E-state index < -0.39 is 17.3 Å². The SMILES string of the molecule is C=CC(C)(C)Oc1c(C)cc(CN(CC(=C)/C=C\S)c2cc(-c3ccc(C(F)(F)F)cc3)nn2C)cc1C. The summed E-state index contributed by atoms with van der Waals surface area (Å²) in [6, 6.07) is 11.1. The van der Waals surface area contributed by atoms with Gasteiger partial charge in [0.25, 0.3) is 0 Å². The molecule has 3 rings (SSSR count). The third-order valence-electron chi connectivity index (χ3n) is 6.14. The molecule has 38 heavy (non-hydrogen) atoms. The Morgan fingerprint density at radius 1 is 1.11 bits per heavy atom. The largest absolute Gasteiger partial charge is 0.483 e. The normalized spacial score (nSPS) is 12.1. The van der Waals surface area contributed by atoms with Crippen LogP contribution in [0, 0.1) is 13.8 Å². The second kappa shape index (κ2) is 11.6. The summed E-state index contributed by atoms with van der Waals surface area (Å²) in [6.07, 6.45) is -0.781. The lowest BCUT2D eigenvalue weighted by molar-refractivity contribution is -0.137. The highest BCUT2D eigenvalue weighted by Gasteiger charge is 2.30. The molecule has 0 atom stereocenters. The monoisotopic (exact) mass is 541 g/mol. The van der Waals surface area contributed by atoms with Gasteiger partial charge in [-0.25, -0.2) is 0 Å². The minimum atomic E-state index is -4.39.